The summed E-state index contributed by atoms with van der Waals surface area (Å²) < 4.78 is 0. The maximum absolute atomic E-state index is 12.7. The lowest BCUT2D eigenvalue weighted by Crippen LogP contribution is -2.48. The Morgan fingerprint density at radius 1 is 1.29 bits per heavy atom. The Kier molecular flexibility index (Phi) is 6.69. The summed E-state index contributed by atoms with van der Waals surface area (Å²) in [5.74, 6) is -0.0986. The lowest BCUT2D eigenvalue weighted by Gasteiger charge is -2.47. The number of amides is 1. The second-order valence-electron chi connectivity index (χ2n) is 8.68. The fraction of sp³-hybridized carbons (Fsp3) is 0.360. The van der Waals surface area contributed by atoms with E-state index in [0.717, 1.165) is 24.1 Å². The van der Waals surface area contributed by atoms with Crippen molar-refractivity contribution in [2.24, 2.45) is 0 Å². The average Bonchev–Trinajstić information content (AvgIpc) is 2.69. The van der Waals surface area contributed by atoms with Gasteiger partial charge in [0, 0.05) is 23.5 Å². The van der Waals surface area contributed by atoms with E-state index in [0.29, 0.717) is 21.7 Å². The molecule has 1 heterocycles. The van der Waals surface area contributed by atoms with Gasteiger partial charge in [0.05, 0.1) is 10.0 Å². The Morgan fingerprint density at radius 3 is 2.61 bits per heavy atom. The van der Waals surface area contributed by atoms with Crippen LogP contribution in [-0.2, 0) is 4.79 Å². The van der Waals surface area contributed by atoms with E-state index in [4.69, 9.17) is 23.2 Å². The molecule has 1 aliphatic heterocycles. The topological polar surface area (TPSA) is 56.1 Å². The molecule has 0 radical (unpaired) electrons. The van der Waals surface area contributed by atoms with Crippen molar-refractivity contribution in [3.8, 4) is 6.07 Å². The van der Waals surface area contributed by atoms with Gasteiger partial charge in [0.25, 0.3) is 5.91 Å². The zero-order valence-electron chi connectivity index (χ0n) is 18.5. The number of hydrogen-bond acceptors (Lipinski definition) is 3. The summed E-state index contributed by atoms with van der Waals surface area (Å²) in [7, 11) is 0. The Bertz CT molecular complexity index is 1100. The highest BCUT2D eigenvalue weighted by atomic mass is 35.5. The van der Waals surface area contributed by atoms with Crippen LogP contribution in [-0.4, -0.2) is 18.0 Å². The SMILES string of the molecule is CCN1c2cc(C)c(/C=C(/C#N)C(=O)Nc3ccc(Cl)c(Cl)c3)cc2C(C)CC1(C)C. The largest absolute Gasteiger partial charge is 0.366 e. The molecule has 1 atom stereocenters. The molecule has 0 fully saturated rings. The van der Waals surface area contributed by atoms with E-state index < -0.39 is 5.91 Å². The summed E-state index contributed by atoms with van der Waals surface area (Å²) in [6.45, 7) is 11.9. The third-order valence-corrected chi connectivity index (χ3v) is 6.67. The summed E-state index contributed by atoms with van der Waals surface area (Å²) in [4.78, 5) is 15.1. The van der Waals surface area contributed by atoms with Gasteiger partial charge >= 0.3 is 0 Å². The number of benzene rings is 2. The number of fused-ring (bicyclic) bond motifs is 1. The molecule has 162 valence electrons. The van der Waals surface area contributed by atoms with Gasteiger partial charge in [-0.1, -0.05) is 30.1 Å². The first-order valence-electron chi connectivity index (χ1n) is 10.4. The minimum absolute atomic E-state index is 0.0327. The van der Waals surface area contributed by atoms with Crippen molar-refractivity contribution >= 4 is 46.6 Å². The molecular weight excluding hydrogens is 429 g/mol. The predicted octanol–water partition coefficient (Wildman–Crippen LogP) is 6.96. The molecule has 3 rings (SSSR count). The minimum Gasteiger partial charge on any atom is -0.366 e. The average molecular weight is 456 g/mol. The standard InChI is InChI=1S/C25H27Cl2N3O/c1-6-30-23-9-15(2)17(11-20(23)16(3)13-25(30,4)5)10-18(14-28)24(31)29-19-7-8-21(26)22(27)12-19/h7-12,16H,6,13H2,1-5H3,(H,29,31)/b18-10-. The van der Waals surface area contributed by atoms with E-state index in [1.54, 1.807) is 24.3 Å². The van der Waals surface area contributed by atoms with Gasteiger partial charge in [-0.15, -0.1) is 0 Å². The van der Waals surface area contributed by atoms with Crippen LogP contribution in [0.1, 0.15) is 56.7 Å². The molecule has 0 saturated carbocycles. The summed E-state index contributed by atoms with van der Waals surface area (Å²) in [5, 5.41) is 13.1. The predicted molar refractivity (Wildman–Crippen MR) is 130 cm³/mol. The summed E-state index contributed by atoms with van der Waals surface area (Å²) in [6, 6.07) is 11.1. The smallest absolute Gasteiger partial charge is 0.266 e. The number of nitriles is 1. The molecule has 6 heteroatoms. The zero-order chi connectivity index (χ0) is 22.9. The third-order valence-electron chi connectivity index (χ3n) is 5.93. The maximum atomic E-state index is 12.7. The molecule has 1 unspecified atom stereocenters. The summed E-state index contributed by atoms with van der Waals surface area (Å²) >= 11 is 11.9. The van der Waals surface area contributed by atoms with Crippen molar-refractivity contribution in [2.75, 3.05) is 16.8 Å². The van der Waals surface area contributed by atoms with E-state index in [1.165, 1.54) is 11.3 Å². The van der Waals surface area contributed by atoms with Gasteiger partial charge in [-0.3, -0.25) is 4.79 Å². The van der Waals surface area contributed by atoms with Crippen molar-refractivity contribution in [2.45, 2.75) is 52.5 Å². The number of rotatable bonds is 4. The molecule has 1 amide bonds. The number of nitrogens with zero attached hydrogens (tertiary/aromatic N) is 2. The van der Waals surface area contributed by atoms with Crippen LogP contribution in [0.25, 0.3) is 6.08 Å². The van der Waals surface area contributed by atoms with Crippen LogP contribution in [0.3, 0.4) is 0 Å². The lowest BCUT2D eigenvalue weighted by molar-refractivity contribution is -0.112. The first kappa shape index (κ1) is 23.2. The van der Waals surface area contributed by atoms with Gasteiger partial charge in [0.1, 0.15) is 11.6 Å². The molecule has 0 bridgehead atoms. The van der Waals surface area contributed by atoms with E-state index >= 15 is 0 Å². The van der Waals surface area contributed by atoms with Crippen LogP contribution in [0.5, 0.6) is 0 Å². The summed E-state index contributed by atoms with van der Waals surface area (Å²) in [6.07, 6.45) is 2.70. The third kappa shape index (κ3) is 4.74. The molecule has 1 N–H and O–H groups in total. The highest BCUT2D eigenvalue weighted by molar-refractivity contribution is 6.42. The van der Waals surface area contributed by atoms with E-state index in [9.17, 15) is 10.1 Å². The first-order valence-corrected chi connectivity index (χ1v) is 11.1. The normalized spacial score (nSPS) is 17.7. The molecule has 0 spiro atoms. The fourth-order valence-corrected chi connectivity index (χ4v) is 4.78. The van der Waals surface area contributed by atoms with Crippen LogP contribution in [0.2, 0.25) is 10.0 Å². The van der Waals surface area contributed by atoms with Crippen molar-refractivity contribution in [1.82, 2.24) is 0 Å². The van der Waals surface area contributed by atoms with Crippen molar-refractivity contribution < 1.29 is 4.79 Å². The number of anilines is 2. The molecular formula is C25H27Cl2N3O. The lowest BCUT2D eigenvalue weighted by atomic mass is 9.79. The van der Waals surface area contributed by atoms with Gasteiger partial charge in [-0.2, -0.15) is 5.26 Å². The fourth-order valence-electron chi connectivity index (χ4n) is 4.48. The van der Waals surface area contributed by atoms with E-state index in [2.05, 4.69) is 50.0 Å². The number of hydrogen-bond donors (Lipinski definition) is 1. The Morgan fingerprint density at radius 2 is 2.00 bits per heavy atom. The van der Waals surface area contributed by atoms with Crippen molar-refractivity contribution in [3.63, 3.8) is 0 Å². The molecule has 4 nitrogen and oxygen atoms in total. The molecule has 1 aliphatic rings. The number of aryl methyl sites for hydroxylation is 1. The highest BCUT2D eigenvalue weighted by Gasteiger charge is 2.35. The van der Waals surface area contributed by atoms with Gasteiger partial charge in [-0.25, -0.2) is 0 Å². The quantitative estimate of drug-likeness (QED) is 0.400. The molecule has 0 aliphatic carbocycles. The van der Waals surface area contributed by atoms with E-state index in [-0.39, 0.29) is 11.1 Å². The Labute approximate surface area is 194 Å². The Balaban J connectivity index is 1.96. The molecule has 2 aromatic rings. The molecule has 2 aromatic carbocycles. The van der Waals surface area contributed by atoms with Crippen LogP contribution >= 0.6 is 23.2 Å². The highest BCUT2D eigenvalue weighted by Crippen LogP contribution is 2.44. The number of halogens is 2. The molecule has 0 aromatic heterocycles. The van der Waals surface area contributed by atoms with Gasteiger partial charge in [0.15, 0.2) is 0 Å². The second kappa shape index (κ2) is 8.94. The monoisotopic (exact) mass is 455 g/mol. The molecule has 31 heavy (non-hydrogen) atoms. The van der Waals surface area contributed by atoms with Crippen LogP contribution in [0.4, 0.5) is 11.4 Å². The zero-order valence-corrected chi connectivity index (χ0v) is 20.0. The number of carbonyl (C=O) groups excluding carboxylic acids is 1. The van der Waals surface area contributed by atoms with Crippen molar-refractivity contribution in [1.29, 1.82) is 5.26 Å². The maximum Gasteiger partial charge on any atom is 0.266 e. The van der Waals surface area contributed by atoms with Crippen LogP contribution in [0, 0.1) is 18.3 Å². The molecule has 0 saturated heterocycles. The summed E-state index contributed by atoms with van der Waals surface area (Å²) in [5.41, 5.74) is 4.99. The van der Waals surface area contributed by atoms with Crippen LogP contribution in [0.15, 0.2) is 35.9 Å². The van der Waals surface area contributed by atoms with Gasteiger partial charge in [-0.05, 0) is 93.1 Å². The van der Waals surface area contributed by atoms with Crippen molar-refractivity contribution in [3.05, 3.63) is 62.6 Å². The number of carbonyl (C=O) groups is 1. The first-order chi connectivity index (χ1) is 14.6. The second-order valence-corrected chi connectivity index (χ2v) is 9.50. The van der Waals surface area contributed by atoms with E-state index in [1.807, 2.05) is 13.0 Å². The minimum atomic E-state index is -0.484. The Hall–Kier alpha value is -2.48. The van der Waals surface area contributed by atoms with Crippen LogP contribution < -0.4 is 10.2 Å². The van der Waals surface area contributed by atoms with Gasteiger partial charge in [0.2, 0.25) is 0 Å². The van der Waals surface area contributed by atoms with Gasteiger partial charge < -0.3 is 10.2 Å². The number of nitrogens with one attached hydrogen (secondary N) is 1.